The molecule has 3 rings (SSSR count). The van der Waals surface area contributed by atoms with Gasteiger partial charge >= 0.3 is 5.97 Å². The fourth-order valence-corrected chi connectivity index (χ4v) is 3.68. The van der Waals surface area contributed by atoms with Crippen LogP contribution in [0.5, 0.6) is 0 Å². The minimum atomic E-state index is -0.832. The lowest BCUT2D eigenvalue weighted by molar-refractivity contribution is -0.151. The Bertz CT molecular complexity index is 895. The summed E-state index contributed by atoms with van der Waals surface area (Å²) >= 11 is 0. The highest BCUT2D eigenvalue weighted by atomic mass is 16.5. The summed E-state index contributed by atoms with van der Waals surface area (Å²) in [6, 6.07) is 15.8. The van der Waals surface area contributed by atoms with Crippen molar-refractivity contribution in [3.05, 3.63) is 71.3 Å². The molecular weight excluding hydrogens is 380 g/mol. The zero-order chi connectivity index (χ0) is 21.5. The number of benzene rings is 2. The van der Waals surface area contributed by atoms with Crippen LogP contribution in [0, 0.1) is 5.92 Å². The molecule has 1 aliphatic carbocycles. The van der Waals surface area contributed by atoms with Crippen molar-refractivity contribution in [2.45, 2.75) is 45.2 Å². The molecule has 30 heavy (non-hydrogen) atoms. The van der Waals surface area contributed by atoms with E-state index in [1.54, 1.807) is 24.3 Å². The van der Waals surface area contributed by atoms with Gasteiger partial charge in [-0.3, -0.25) is 9.59 Å². The zero-order valence-electron chi connectivity index (χ0n) is 17.4. The average molecular weight is 408 g/mol. The van der Waals surface area contributed by atoms with E-state index in [0.29, 0.717) is 5.56 Å². The second-order valence-corrected chi connectivity index (χ2v) is 7.88. The number of ether oxygens (including phenoxy) is 1. The number of nitrogens with one attached hydrogen (secondary N) is 2. The van der Waals surface area contributed by atoms with Gasteiger partial charge < -0.3 is 15.4 Å². The van der Waals surface area contributed by atoms with Gasteiger partial charge in [0.1, 0.15) is 6.04 Å². The lowest BCUT2D eigenvalue weighted by Gasteiger charge is -2.26. The maximum Gasteiger partial charge on any atom is 0.329 e. The Balaban J connectivity index is 1.54. The largest absolute Gasteiger partial charge is 0.454 e. The molecule has 0 saturated heterocycles. The molecule has 0 heterocycles. The first-order valence-corrected chi connectivity index (χ1v) is 10.4. The molecule has 2 N–H and O–H groups in total. The van der Waals surface area contributed by atoms with Gasteiger partial charge in [-0.15, -0.1) is 0 Å². The molecule has 2 aromatic rings. The molecule has 1 aliphatic rings. The van der Waals surface area contributed by atoms with Crippen LogP contribution in [0.25, 0.3) is 0 Å². The maximum atomic E-state index is 12.5. The molecule has 2 amide bonds. The van der Waals surface area contributed by atoms with Gasteiger partial charge in [-0.2, -0.15) is 0 Å². The molecule has 158 valence electrons. The van der Waals surface area contributed by atoms with E-state index in [1.807, 2.05) is 38.1 Å². The van der Waals surface area contributed by atoms with Crippen molar-refractivity contribution in [1.29, 1.82) is 0 Å². The summed E-state index contributed by atoms with van der Waals surface area (Å²) < 4.78 is 5.23. The van der Waals surface area contributed by atoms with Gasteiger partial charge in [0.25, 0.3) is 11.8 Å². The highest BCUT2D eigenvalue weighted by Crippen LogP contribution is 2.29. The van der Waals surface area contributed by atoms with E-state index in [9.17, 15) is 14.4 Å². The van der Waals surface area contributed by atoms with Crippen molar-refractivity contribution in [2.75, 3.05) is 6.61 Å². The summed E-state index contributed by atoms with van der Waals surface area (Å²) in [5.74, 6) is -1.50. The summed E-state index contributed by atoms with van der Waals surface area (Å²) in [6.07, 6.45) is 2.87. The second kappa shape index (κ2) is 10.1. The molecule has 6 nitrogen and oxygen atoms in total. The van der Waals surface area contributed by atoms with Crippen molar-refractivity contribution in [3.63, 3.8) is 0 Å². The predicted octanol–water partition coefficient (Wildman–Crippen LogP) is 3.18. The van der Waals surface area contributed by atoms with Gasteiger partial charge in [-0.1, -0.05) is 56.3 Å². The third kappa shape index (κ3) is 5.47. The number of aryl methyl sites for hydroxylation is 1. The third-order valence-corrected chi connectivity index (χ3v) is 5.29. The number of carbonyl (C=O) groups excluding carboxylic acids is 3. The van der Waals surface area contributed by atoms with Crippen molar-refractivity contribution in [1.82, 2.24) is 10.6 Å². The molecule has 0 saturated carbocycles. The molecule has 2 aromatic carbocycles. The molecule has 0 radical (unpaired) electrons. The summed E-state index contributed by atoms with van der Waals surface area (Å²) in [5.41, 5.74) is 2.83. The Morgan fingerprint density at radius 2 is 1.73 bits per heavy atom. The monoisotopic (exact) mass is 408 g/mol. The molecule has 0 aliphatic heterocycles. The fraction of sp³-hybridized carbons (Fsp3) is 0.375. The number of esters is 1. The van der Waals surface area contributed by atoms with Crippen LogP contribution in [0.4, 0.5) is 0 Å². The van der Waals surface area contributed by atoms with Crippen LogP contribution in [-0.2, 0) is 20.7 Å². The van der Waals surface area contributed by atoms with Gasteiger partial charge in [-0.25, -0.2) is 4.79 Å². The smallest absolute Gasteiger partial charge is 0.329 e. The first-order chi connectivity index (χ1) is 14.5. The highest BCUT2D eigenvalue weighted by molar-refractivity contribution is 5.97. The topological polar surface area (TPSA) is 84.5 Å². The number of hydrogen-bond acceptors (Lipinski definition) is 4. The quantitative estimate of drug-likeness (QED) is 0.689. The SMILES string of the molecule is CC(C)C(NC(=O)c1ccccc1)C(=O)OCC(=O)NC1CCCc2ccccc21. The standard InChI is InChI=1S/C24H28N2O4/c1-16(2)22(26-23(28)18-10-4-3-5-11-18)24(29)30-15-21(27)25-20-14-8-12-17-9-6-7-13-19(17)20/h3-7,9-11,13,16,20,22H,8,12,14-15H2,1-2H3,(H,25,27)(H,26,28). The Labute approximate surface area is 177 Å². The molecule has 0 aromatic heterocycles. The molecule has 0 spiro atoms. The first kappa shape index (κ1) is 21.6. The van der Waals surface area contributed by atoms with Crippen LogP contribution in [0.1, 0.15) is 54.2 Å². The Hall–Kier alpha value is -3.15. The van der Waals surface area contributed by atoms with Crippen LogP contribution in [-0.4, -0.2) is 30.4 Å². The second-order valence-electron chi connectivity index (χ2n) is 7.88. The van der Waals surface area contributed by atoms with Gasteiger partial charge in [0.05, 0.1) is 6.04 Å². The highest BCUT2D eigenvalue weighted by Gasteiger charge is 2.27. The summed E-state index contributed by atoms with van der Waals surface area (Å²) in [5, 5.41) is 5.67. The Morgan fingerprint density at radius 3 is 2.47 bits per heavy atom. The number of hydrogen-bond donors (Lipinski definition) is 2. The number of rotatable bonds is 7. The van der Waals surface area contributed by atoms with E-state index in [4.69, 9.17) is 4.74 Å². The lowest BCUT2D eigenvalue weighted by atomic mass is 9.88. The number of carbonyl (C=O) groups is 3. The van der Waals surface area contributed by atoms with Gasteiger partial charge in [0.2, 0.25) is 0 Å². The Kier molecular flexibility index (Phi) is 7.22. The Morgan fingerprint density at radius 1 is 1.03 bits per heavy atom. The van der Waals surface area contributed by atoms with E-state index in [0.717, 1.165) is 24.8 Å². The van der Waals surface area contributed by atoms with Crippen molar-refractivity contribution >= 4 is 17.8 Å². The zero-order valence-corrected chi connectivity index (χ0v) is 17.4. The van der Waals surface area contributed by atoms with E-state index < -0.39 is 12.0 Å². The number of amides is 2. The normalized spacial score (nSPS) is 16.3. The fourth-order valence-electron chi connectivity index (χ4n) is 3.68. The molecule has 2 atom stereocenters. The summed E-state index contributed by atoms with van der Waals surface area (Å²) in [7, 11) is 0. The summed E-state index contributed by atoms with van der Waals surface area (Å²) in [4.78, 5) is 37.3. The van der Waals surface area contributed by atoms with Crippen molar-refractivity contribution in [3.8, 4) is 0 Å². The first-order valence-electron chi connectivity index (χ1n) is 10.4. The van der Waals surface area contributed by atoms with Crippen LogP contribution in [0.2, 0.25) is 0 Å². The maximum absolute atomic E-state index is 12.5. The van der Waals surface area contributed by atoms with Crippen LogP contribution in [0.15, 0.2) is 54.6 Å². The van der Waals surface area contributed by atoms with Gasteiger partial charge in [0, 0.05) is 5.56 Å². The predicted molar refractivity (Wildman–Crippen MR) is 114 cm³/mol. The lowest BCUT2D eigenvalue weighted by Crippen LogP contribution is -2.46. The summed E-state index contributed by atoms with van der Waals surface area (Å²) in [6.45, 7) is 3.26. The molecule has 6 heteroatoms. The molecule has 0 bridgehead atoms. The number of fused-ring (bicyclic) bond motifs is 1. The van der Waals surface area contributed by atoms with Crippen LogP contribution >= 0.6 is 0 Å². The molecular formula is C24H28N2O4. The van der Waals surface area contributed by atoms with Crippen LogP contribution in [0.3, 0.4) is 0 Å². The third-order valence-electron chi connectivity index (χ3n) is 5.29. The van der Waals surface area contributed by atoms with Gasteiger partial charge in [0.15, 0.2) is 6.61 Å². The van der Waals surface area contributed by atoms with Gasteiger partial charge in [-0.05, 0) is 48.4 Å². The van der Waals surface area contributed by atoms with E-state index in [2.05, 4.69) is 16.7 Å². The van der Waals surface area contributed by atoms with E-state index in [-0.39, 0.29) is 30.4 Å². The minimum Gasteiger partial charge on any atom is -0.454 e. The van der Waals surface area contributed by atoms with Crippen molar-refractivity contribution < 1.29 is 19.1 Å². The molecule has 0 fully saturated rings. The van der Waals surface area contributed by atoms with Crippen molar-refractivity contribution in [2.24, 2.45) is 5.92 Å². The van der Waals surface area contributed by atoms with E-state index >= 15 is 0 Å². The molecule has 2 unspecified atom stereocenters. The van der Waals surface area contributed by atoms with Crippen LogP contribution < -0.4 is 10.6 Å². The average Bonchev–Trinajstić information content (AvgIpc) is 2.76. The minimum absolute atomic E-state index is 0.0696. The van der Waals surface area contributed by atoms with E-state index in [1.165, 1.54) is 5.56 Å².